The Bertz CT molecular complexity index is 342. The van der Waals surface area contributed by atoms with Crippen molar-refractivity contribution in [3.63, 3.8) is 0 Å². The molecular formula is C13H26N2O2S. The highest BCUT2D eigenvalue weighted by Crippen LogP contribution is 2.21. The third kappa shape index (κ3) is 3.68. The van der Waals surface area contributed by atoms with Crippen LogP contribution in [0.4, 0.5) is 0 Å². The third-order valence-electron chi connectivity index (χ3n) is 4.14. The van der Waals surface area contributed by atoms with E-state index in [1.165, 1.54) is 25.7 Å². The van der Waals surface area contributed by atoms with E-state index in [-0.39, 0.29) is 0 Å². The molecule has 1 aliphatic carbocycles. The van der Waals surface area contributed by atoms with Gasteiger partial charge in [0.1, 0.15) is 0 Å². The molecule has 0 unspecified atom stereocenters. The molecule has 0 amide bonds. The normalized spacial score (nSPS) is 24.7. The Hall–Kier alpha value is -0.130. The van der Waals surface area contributed by atoms with E-state index >= 15 is 0 Å². The molecule has 1 heterocycles. The molecule has 0 bridgehead atoms. The molecule has 0 radical (unpaired) electrons. The van der Waals surface area contributed by atoms with E-state index in [0.29, 0.717) is 37.3 Å². The second kappa shape index (κ2) is 6.35. The van der Waals surface area contributed by atoms with Crippen molar-refractivity contribution in [1.29, 1.82) is 0 Å². The van der Waals surface area contributed by atoms with E-state index < -0.39 is 10.0 Å². The molecule has 2 rings (SSSR count). The Morgan fingerprint density at radius 3 is 2.17 bits per heavy atom. The van der Waals surface area contributed by atoms with E-state index in [0.717, 1.165) is 12.8 Å². The number of nitrogens with one attached hydrogen (secondary N) is 1. The van der Waals surface area contributed by atoms with E-state index in [1.807, 2.05) is 6.92 Å². The number of nitrogens with zero attached hydrogens (tertiary/aromatic N) is 1. The van der Waals surface area contributed by atoms with Crippen molar-refractivity contribution in [2.45, 2.75) is 64.0 Å². The highest BCUT2D eigenvalue weighted by molar-refractivity contribution is 7.89. The lowest BCUT2D eigenvalue weighted by Crippen LogP contribution is -2.47. The van der Waals surface area contributed by atoms with Crippen LogP contribution in [-0.4, -0.2) is 43.6 Å². The average Bonchev–Trinajstić information content (AvgIpc) is 2.82. The molecular weight excluding hydrogens is 248 g/mol. The second-order valence-electron chi connectivity index (χ2n) is 5.64. The van der Waals surface area contributed by atoms with Crippen LogP contribution in [0, 0.1) is 0 Å². The summed E-state index contributed by atoms with van der Waals surface area (Å²) in [5.41, 5.74) is 0. The minimum atomic E-state index is -2.98. The largest absolute Gasteiger partial charge is 0.311 e. The summed E-state index contributed by atoms with van der Waals surface area (Å²) in [6, 6.07) is 1.22. The third-order valence-corrected chi connectivity index (χ3v) is 6.21. The zero-order valence-corrected chi connectivity index (χ0v) is 12.2. The van der Waals surface area contributed by atoms with Gasteiger partial charge >= 0.3 is 0 Å². The van der Waals surface area contributed by atoms with Gasteiger partial charge in [-0.05, 0) is 32.1 Å². The van der Waals surface area contributed by atoms with Crippen LogP contribution in [0.2, 0.25) is 0 Å². The van der Waals surface area contributed by atoms with Crippen molar-refractivity contribution in [1.82, 2.24) is 9.62 Å². The maximum absolute atomic E-state index is 11.9. The molecule has 18 heavy (non-hydrogen) atoms. The molecule has 0 atom stereocenters. The van der Waals surface area contributed by atoms with E-state index in [9.17, 15) is 8.42 Å². The summed E-state index contributed by atoms with van der Waals surface area (Å²) in [5, 5.41) is 3.70. The smallest absolute Gasteiger partial charge is 0.214 e. The van der Waals surface area contributed by atoms with Gasteiger partial charge in [-0.15, -0.1) is 0 Å². The summed E-state index contributed by atoms with van der Waals surface area (Å²) in [6.07, 6.45) is 7.95. The van der Waals surface area contributed by atoms with Gasteiger partial charge in [0.05, 0.1) is 5.75 Å². The lowest BCUT2D eigenvalue weighted by molar-refractivity contribution is 0.273. The first-order chi connectivity index (χ1) is 8.62. The van der Waals surface area contributed by atoms with Crippen LogP contribution in [0.15, 0.2) is 0 Å². The first kappa shape index (κ1) is 14.3. The fraction of sp³-hybridized carbons (Fsp3) is 1.00. The van der Waals surface area contributed by atoms with E-state index in [4.69, 9.17) is 0 Å². The molecule has 1 N–H and O–H groups in total. The van der Waals surface area contributed by atoms with E-state index in [1.54, 1.807) is 4.31 Å². The fourth-order valence-electron chi connectivity index (χ4n) is 3.11. The molecule has 4 nitrogen and oxygen atoms in total. The maximum atomic E-state index is 11.9. The van der Waals surface area contributed by atoms with Crippen LogP contribution in [0.3, 0.4) is 0 Å². The Morgan fingerprint density at radius 1 is 1.06 bits per heavy atom. The Morgan fingerprint density at radius 2 is 1.61 bits per heavy atom. The fourth-order valence-corrected chi connectivity index (χ4v) is 4.65. The Balaban J connectivity index is 1.77. The topological polar surface area (TPSA) is 49.4 Å². The number of hydrogen-bond donors (Lipinski definition) is 1. The summed E-state index contributed by atoms with van der Waals surface area (Å²) < 4.78 is 25.6. The lowest BCUT2D eigenvalue weighted by atomic mass is 10.1. The van der Waals surface area contributed by atoms with Crippen LogP contribution < -0.4 is 5.32 Å². The molecule has 2 fully saturated rings. The minimum Gasteiger partial charge on any atom is -0.311 e. The first-order valence-corrected chi connectivity index (χ1v) is 8.96. The predicted molar refractivity (Wildman–Crippen MR) is 74.1 cm³/mol. The van der Waals surface area contributed by atoms with Crippen LogP contribution >= 0.6 is 0 Å². The molecule has 0 spiro atoms. The van der Waals surface area contributed by atoms with Gasteiger partial charge in [0, 0.05) is 25.2 Å². The predicted octanol–water partition coefficient (Wildman–Crippen LogP) is 1.72. The number of rotatable bonds is 5. The van der Waals surface area contributed by atoms with Crippen molar-refractivity contribution in [3.05, 3.63) is 0 Å². The van der Waals surface area contributed by atoms with Crippen molar-refractivity contribution < 1.29 is 8.42 Å². The van der Waals surface area contributed by atoms with Gasteiger partial charge in [-0.1, -0.05) is 19.8 Å². The minimum absolute atomic E-state index is 0.299. The Labute approximate surface area is 111 Å². The molecule has 1 saturated heterocycles. The molecule has 0 aromatic carbocycles. The van der Waals surface area contributed by atoms with E-state index in [2.05, 4.69) is 5.32 Å². The summed E-state index contributed by atoms with van der Waals surface area (Å²) in [5.74, 6) is 0.299. The zero-order valence-electron chi connectivity index (χ0n) is 11.4. The number of hydrogen-bond acceptors (Lipinski definition) is 3. The molecule has 1 aliphatic heterocycles. The Kier molecular flexibility index (Phi) is 5.04. The lowest BCUT2D eigenvalue weighted by Gasteiger charge is -2.33. The monoisotopic (exact) mass is 274 g/mol. The highest BCUT2D eigenvalue weighted by Gasteiger charge is 2.28. The zero-order chi connectivity index (χ0) is 13.0. The van der Waals surface area contributed by atoms with Gasteiger partial charge in [0.25, 0.3) is 0 Å². The van der Waals surface area contributed by atoms with Gasteiger partial charge in [-0.2, -0.15) is 0 Å². The quantitative estimate of drug-likeness (QED) is 0.830. The van der Waals surface area contributed by atoms with Crippen molar-refractivity contribution in [2.75, 3.05) is 18.8 Å². The molecule has 0 aromatic heterocycles. The van der Waals surface area contributed by atoms with Gasteiger partial charge < -0.3 is 5.32 Å². The van der Waals surface area contributed by atoms with Crippen LogP contribution in [0.5, 0.6) is 0 Å². The van der Waals surface area contributed by atoms with Crippen LogP contribution in [-0.2, 0) is 10.0 Å². The number of sulfonamides is 1. The van der Waals surface area contributed by atoms with Crippen LogP contribution in [0.25, 0.3) is 0 Å². The molecule has 2 aliphatic rings. The van der Waals surface area contributed by atoms with Crippen molar-refractivity contribution >= 4 is 10.0 Å². The molecule has 0 aromatic rings. The summed E-state index contributed by atoms with van der Waals surface area (Å²) in [4.78, 5) is 0. The van der Waals surface area contributed by atoms with Gasteiger partial charge in [-0.25, -0.2) is 12.7 Å². The standard InChI is InChI=1S/C13H26N2O2S/c1-2-11-18(16,17)15-9-7-13(8-10-15)14-12-5-3-4-6-12/h12-14H,2-11H2,1H3. The second-order valence-corrected chi connectivity index (χ2v) is 7.73. The SMILES string of the molecule is CCCS(=O)(=O)N1CCC(NC2CCCC2)CC1. The molecule has 1 saturated carbocycles. The maximum Gasteiger partial charge on any atom is 0.214 e. The van der Waals surface area contributed by atoms with Gasteiger partial charge in [-0.3, -0.25) is 0 Å². The van der Waals surface area contributed by atoms with Crippen LogP contribution in [0.1, 0.15) is 51.9 Å². The number of piperidine rings is 1. The molecule has 5 heteroatoms. The average molecular weight is 274 g/mol. The van der Waals surface area contributed by atoms with Gasteiger partial charge in [0.2, 0.25) is 10.0 Å². The molecule has 106 valence electrons. The summed E-state index contributed by atoms with van der Waals surface area (Å²) in [6.45, 7) is 3.32. The highest BCUT2D eigenvalue weighted by atomic mass is 32.2. The first-order valence-electron chi connectivity index (χ1n) is 7.35. The van der Waals surface area contributed by atoms with Crippen molar-refractivity contribution in [3.8, 4) is 0 Å². The summed E-state index contributed by atoms with van der Waals surface area (Å²) >= 11 is 0. The summed E-state index contributed by atoms with van der Waals surface area (Å²) in [7, 11) is -2.98. The van der Waals surface area contributed by atoms with Gasteiger partial charge in [0.15, 0.2) is 0 Å². The van der Waals surface area contributed by atoms with Crippen molar-refractivity contribution in [2.24, 2.45) is 0 Å².